The molecule has 1 rings (SSSR count). The van der Waals surface area contributed by atoms with Crippen LogP contribution in [0.15, 0.2) is 24.3 Å². The van der Waals surface area contributed by atoms with Crippen molar-refractivity contribution < 1.29 is 32.6 Å². The number of aliphatic hydroxyl groups is 1. The van der Waals surface area contributed by atoms with Crippen molar-refractivity contribution in [3.05, 3.63) is 29.8 Å². The predicted molar refractivity (Wildman–Crippen MR) is 66.1 cm³/mol. The lowest BCUT2D eigenvalue weighted by molar-refractivity contribution is -0.215. The van der Waals surface area contributed by atoms with Crippen LogP contribution in [0, 0.1) is 0 Å². The molecule has 0 heterocycles. The second-order valence-corrected chi connectivity index (χ2v) is 3.92. The summed E-state index contributed by atoms with van der Waals surface area (Å²) in [5.41, 5.74) is 4.43. The maximum atomic E-state index is 9.85. The first-order chi connectivity index (χ1) is 7.63. The summed E-state index contributed by atoms with van der Waals surface area (Å²) < 4.78 is 5.04. The number of ether oxygens (including phenoxy) is 1. The fraction of sp³-hybridized carbons (Fsp3) is 0.364. The quantitative estimate of drug-likeness (QED) is 0.514. The van der Waals surface area contributed by atoms with E-state index < -0.39 is 6.10 Å². The maximum absolute atomic E-state index is 9.85. The Morgan fingerprint density at radius 2 is 2.06 bits per heavy atom. The van der Waals surface area contributed by atoms with Crippen molar-refractivity contribution in [3.8, 4) is 5.75 Å². The van der Waals surface area contributed by atoms with Crippen LogP contribution in [0.1, 0.15) is 18.1 Å². The molecule has 0 saturated carbocycles. The van der Waals surface area contributed by atoms with Gasteiger partial charge >= 0.3 is 0 Å². The highest BCUT2D eigenvalue weighted by atomic mass is 79.9. The van der Waals surface area contributed by atoms with Crippen LogP contribution in [0.5, 0.6) is 5.75 Å². The average molecular weight is 321 g/mol. The van der Waals surface area contributed by atoms with Crippen molar-refractivity contribution in [2.75, 3.05) is 13.7 Å². The molecule has 4 nitrogen and oxygen atoms in total. The largest absolute Gasteiger partial charge is 1.00 e. The summed E-state index contributed by atoms with van der Waals surface area (Å²) in [6.07, 6.45) is 0.106. The highest BCUT2D eigenvalue weighted by Crippen LogP contribution is 2.19. The van der Waals surface area contributed by atoms with E-state index in [4.69, 9.17) is 17.0 Å². The number of rotatable bonds is 5. The molecule has 1 atom stereocenters. The zero-order valence-corrected chi connectivity index (χ0v) is 12.1. The van der Waals surface area contributed by atoms with Crippen molar-refractivity contribution in [1.82, 2.24) is 5.32 Å². The highest BCUT2D eigenvalue weighted by molar-refractivity contribution is 7.79. The molecular formula is C11H17BrN2O2S. The third-order valence-electron chi connectivity index (χ3n) is 2.24. The van der Waals surface area contributed by atoms with Crippen molar-refractivity contribution >= 4 is 17.3 Å². The molecule has 17 heavy (non-hydrogen) atoms. The van der Waals surface area contributed by atoms with Gasteiger partial charge in [-0.25, -0.2) is 0 Å². The topological polar surface area (TPSA) is 69.1 Å². The molecule has 96 valence electrons. The molecule has 0 spiro atoms. The minimum Gasteiger partial charge on any atom is -1.00 e. The average Bonchev–Trinajstić information content (AvgIpc) is 2.28. The van der Waals surface area contributed by atoms with E-state index in [1.165, 1.54) is 0 Å². The highest BCUT2D eigenvalue weighted by Gasteiger charge is 2.07. The molecule has 0 saturated heterocycles. The first kappa shape index (κ1) is 16.3. The van der Waals surface area contributed by atoms with Gasteiger partial charge in [0, 0.05) is 18.8 Å². The van der Waals surface area contributed by atoms with Crippen molar-refractivity contribution in [1.29, 1.82) is 0 Å². The number of hydrogen-bond acceptors (Lipinski definition) is 3. The van der Waals surface area contributed by atoms with E-state index in [1.54, 1.807) is 7.11 Å². The van der Waals surface area contributed by atoms with Crippen LogP contribution in [-0.2, 0) is 0 Å². The van der Waals surface area contributed by atoms with Crippen LogP contribution >= 0.6 is 12.2 Å². The van der Waals surface area contributed by atoms with Crippen LogP contribution < -0.4 is 32.8 Å². The molecule has 0 aromatic heterocycles. The lowest BCUT2D eigenvalue weighted by atomic mass is 10.1. The number of hydrogen-bond donors (Lipinski definition) is 3. The zero-order valence-electron chi connectivity index (χ0n) is 9.65. The van der Waals surface area contributed by atoms with Gasteiger partial charge in [0.2, 0.25) is 0 Å². The van der Waals surface area contributed by atoms with Gasteiger partial charge in [0.05, 0.1) is 13.2 Å². The number of methoxy groups -OCH3 is 1. The molecule has 0 amide bonds. The predicted octanol–water partition coefficient (Wildman–Crippen LogP) is -2.76. The molecule has 5 N–H and O–H groups in total. The van der Waals surface area contributed by atoms with E-state index in [1.807, 2.05) is 24.3 Å². The number of halogens is 1. The summed E-state index contributed by atoms with van der Waals surface area (Å²) in [5, 5.41) is 13.3. The Morgan fingerprint density at radius 3 is 2.53 bits per heavy atom. The van der Waals surface area contributed by atoms with Crippen molar-refractivity contribution in [2.45, 2.75) is 12.5 Å². The van der Waals surface area contributed by atoms with Crippen molar-refractivity contribution in [2.24, 2.45) is 0 Å². The molecule has 1 unspecified atom stereocenters. The summed E-state index contributed by atoms with van der Waals surface area (Å²) in [4.78, 5) is 0. The molecule has 0 aliphatic rings. The number of aliphatic hydroxyl groups excluding tert-OH is 1. The van der Waals surface area contributed by atoms with E-state index in [-0.39, 0.29) is 17.0 Å². The van der Waals surface area contributed by atoms with Gasteiger partial charge in [-0.3, -0.25) is 0 Å². The van der Waals surface area contributed by atoms with Crippen LogP contribution in [0.2, 0.25) is 0 Å². The Kier molecular flexibility index (Phi) is 8.07. The van der Waals surface area contributed by atoms with E-state index >= 15 is 0 Å². The summed E-state index contributed by atoms with van der Waals surface area (Å²) in [6.45, 7) is 0.621. The molecule has 1 aromatic rings. The smallest absolute Gasteiger partial charge is 0.264 e. The second-order valence-electron chi connectivity index (χ2n) is 3.43. The minimum atomic E-state index is -0.493. The summed E-state index contributed by atoms with van der Waals surface area (Å²) in [7, 11) is 1.62. The van der Waals surface area contributed by atoms with Crippen LogP contribution in [-0.4, -0.2) is 23.9 Å². The normalized spacial score (nSPS) is 11.2. The van der Waals surface area contributed by atoms with Crippen LogP contribution in [0.3, 0.4) is 0 Å². The summed E-state index contributed by atoms with van der Waals surface area (Å²) in [5.74, 6) is 0.785. The van der Waals surface area contributed by atoms with E-state index in [9.17, 15) is 5.11 Å². The number of benzene rings is 1. The first-order valence-electron chi connectivity index (χ1n) is 5.05. The Bertz CT molecular complexity index is 346. The van der Waals surface area contributed by atoms with Gasteiger partial charge in [0.15, 0.2) is 0 Å². The second kappa shape index (κ2) is 8.41. The Labute approximate surface area is 117 Å². The minimum absolute atomic E-state index is 0. The number of thiocarbonyl (C=S) groups is 1. The molecular weight excluding hydrogens is 304 g/mol. The molecule has 6 heteroatoms. The molecule has 0 radical (unpaired) electrons. The van der Waals surface area contributed by atoms with E-state index in [0.717, 1.165) is 11.3 Å². The molecule has 0 bridgehead atoms. The molecule has 0 fully saturated rings. The number of nitrogens with one attached hydrogen (secondary N) is 1. The lowest BCUT2D eigenvalue weighted by Crippen LogP contribution is -3.00. The van der Waals surface area contributed by atoms with Gasteiger partial charge in [0.1, 0.15) is 5.75 Å². The fourth-order valence-corrected chi connectivity index (χ4v) is 1.44. The molecule has 1 aromatic carbocycles. The van der Waals surface area contributed by atoms with E-state index in [0.29, 0.717) is 18.1 Å². The SMILES string of the molecule is COc1ccc(C(O)CCNC([NH3+])=S)cc1.[Br-]. The third-order valence-corrected chi connectivity index (χ3v) is 2.38. The van der Waals surface area contributed by atoms with Gasteiger partial charge < -0.3 is 37.9 Å². The first-order valence-corrected chi connectivity index (χ1v) is 5.46. The van der Waals surface area contributed by atoms with E-state index in [2.05, 4.69) is 11.1 Å². The molecule has 0 aliphatic carbocycles. The van der Waals surface area contributed by atoms with Crippen LogP contribution in [0.25, 0.3) is 0 Å². The Morgan fingerprint density at radius 1 is 1.47 bits per heavy atom. The monoisotopic (exact) mass is 320 g/mol. The Hall–Kier alpha value is -0.690. The van der Waals surface area contributed by atoms with Gasteiger partial charge in [0.25, 0.3) is 5.11 Å². The standard InChI is InChI=1S/C11H16N2O2S.BrH/c1-15-9-4-2-8(3-5-9)10(14)6-7-13-11(12)16;/h2-5,10,14H,6-7H2,1H3,(H3,12,13,16);1H. The molecule has 0 aliphatic heterocycles. The summed E-state index contributed by atoms with van der Waals surface area (Å²) >= 11 is 4.78. The number of quaternary nitrogens is 1. The van der Waals surface area contributed by atoms with Gasteiger partial charge in [-0.2, -0.15) is 0 Å². The van der Waals surface area contributed by atoms with Gasteiger partial charge in [-0.05, 0) is 24.1 Å². The zero-order chi connectivity index (χ0) is 12.0. The lowest BCUT2D eigenvalue weighted by Gasteiger charge is -2.11. The Balaban J connectivity index is 0.00000256. The third kappa shape index (κ3) is 5.97. The van der Waals surface area contributed by atoms with Gasteiger partial charge in [-0.15, -0.1) is 0 Å². The fourth-order valence-electron chi connectivity index (χ4n) is 1.34. The summed E-state index contributed by atoms with van der Waals surface area (Å²) in [6, 6.07) is 7.37. The van der Waals surface area contributed by atoms with Crippen molar-refractivity contribution in [3.63, 3.8) is 0 Å². The van der Waals surface area contributed by atoms with Crippen LogP contribution in [0.4, 0.5) is 0 Å². The maximum Gasteiger partial charge on any atom is 0.264 e. The van der Waals surface area contributed by atoms with Gasteiger partial charge in [-0.1, -0.05) is 12.1 Å².